The third-order valence-corrected chi connectivity index (χ3v) is 4.06. The number of aliphatic hydroxyl groups is 2. The molecule has 4 nitrogen and oxygen atoms in total. The summed E-state index contributed by atoms with van der Waals surface area (Å²) in [6.45, 7) is 2.65. The van der Waals surface area contributed by atoms with Crippen molar-refractivity contribution in [2.75, 3.05) is 13.2 Å². The minimum Gasteiger partial charge on any atom is -0.481 e. The van der Waals surface area contributed by atoms with Crippen molar-refractivity contribution in [2.45, 2.75) is 110 Å². The predicted octanol–water partition coefficient (Wildman–Crippen LogP) is 5.30. The second-order valence-electron chi connectivity index (χ2n) is 6.54. The van der Waals surface area contributed by atoms with E-state index in [1.807, 2.05) is 0 Å². The highest BCUT2D eigenvalue weighted by molar-refractivity contribution is 5.66. The van der Waals surface area contributed by atoms with Crippen molar-refractivity contribution in [1.82, 2.24) is 0 Å². The van der Waals surface area contributed by atoms with Gasteiger partial charge in [0.15, 0.2) is 0 Å². The van der Waals surface area contributed by atoms with Crippen LogP contribution in [0.1, 0.15) is 110 Å². The molecule has 24 heavy (non-hydrogen) atoms. The van der Waals surface area contributed by atoms with Crippen LogP contribution < -0.4 is 0 Å². The molecule has 4 heteroatoms. The van der Waals surface area contributed by atoms with Crippen molar-refractivity contribution >= 4 is 5.97 Å². The first-order valence-electron chi connectivity index (χ1n) is 10.1. The van der Waals surface area contributed by atoms with Gasteiger partial charge in [0, 0.05) is 19.6 Å². The van der Waals surface area contributed by atoms with Crippen LogP contribution in [0.4, 0.5) is 0 Å². The summed E-state index contributed by atoms with van der Waals surface area (Å²) in [6.07, 6.45) is 18.7. The van der Waals surface area contributed by atoms with Crippen molar-refractivity contribution in [3.63, 3.8) is 0 Å². The molecule has 0 saturated heterocycles. The Hall–Kier alpha value is -0.610. The normalized spacial score (nSPS) is 10.3. The predicted molar refractivity (Wildman–Crippen MR) is 101 cm³/mol. The molecule has 0 amide bonds. The number of carbonyl (C=O) groups is 1. The van der Waals surface area contributed by atoms with Gasteiger partial charge < -0.3 is 15.3 Å². The highest BCUT2D eigenvalue weighted by Crippen LogP contribution is 2.12. The first-order valence-corrected chi connectivity index (χ1v) is 10.1. The van der Waals surface area contributed by atoms with Crippen LogP contribution in [-0.4, -0.2) is 34.5 Å². The fourth-order valence-corrected chi connectivity index (χ4v) is 2.52. The number of aliphatic carboxylic acids is 1. The van der Waals surface area contributed by atoms with Gasteiger partial charge in [-0.3, -0.25) is 4.79 Å². The first-order chi connectivity index (χ1) is 11.7. The molecule has 146 valence electrons. The molecule has 0 radical (unpaired) electrons. The van der Waals surface area contributed by atoms with Crippen LogP contribution in [0.15, 0.2) is 0 Å². The topological polar surface area (TPSA) is 77.8 Å². The van der Waals surface area contributed by atoms with E-state index in [0.29, 0.717) is 6.42 Å². The van der Waals surface area contributed by atoms with E-state index in [1.54, 1.807) is 0 Å². The summed E-state index contributed by atoms with van der Waals surface area (Å²) >= 11 is 0. The summed E-state index contributed by atoms with van der Waals surface area (Å²) in [7, 11) is 0. The maximum absolute atomic E-state index is 10.3. The zero-order chi connectivity index (χ0) is 18.3. The molecule has 0 rings (SSSR count). The highest BCUT2D eigenvalue weighted by atomic mass is 16.4. The molecule has 0 heterocycles. The Morgan fingerprint density at radius 1 is 0.583 bits per heavy atom. The van der Waals surface area contributed by atoms with Gasteiger partial charge in [-0.25, -0.2) is 0 Å². The molecule has 0 aliphatic carbocycles. The van der Waals surface area contributed by atoms with Gasteiger partial charge in [0.25, 0.3) is 0 Å². The number of unbranched alkanes of at least 4 members (excludes halogenated alkanes) is 13. The van der Waals surface area contributed by atoms with Gasteiger partial charge in [-0.15, -0.1) is 0 Å². The molecular formula is C20H42O4. The Bertz CT molecular complexity index is 228. The zero-order valence-corrected chi connectivity index (χ0v) is 16.0. The SMILES string of the molecule is CCCCCCCCCCCCCCCC(=O)O.OCCCCO. The van der Waals surface area contributed by atoms with E-state index in [0.717, 1.165) is 25.7 Å². The number of aliphatic hydroxyl groups excluding tert-OH is 2. The Morgan fingerprint density at radius 2 is 0.917 bits per heavy atom. The molecule has 0 aliphatic rings. The molecule has 0 aliphatic heterocycles. The molecular weight excluding hydrogens is 304 g/mol. The van der Waals surface area contributed by atoms with E-state index >= 15 is 0 Å². The summed E-state index contributed by atoms with van der Waals surface area (Å²) in [6, 6.07) is 0. The zero-order valence-electron chi connectivity index (χ0n) is 16.0. The van der Waals surface area contributed by atoms with E-state index in [9.17, 15) is 4.79 Å². The molecule has 0 spiro atoms. The fraction of sp³-hybridized carbons (Fsp3) is 0.950. The summed E-state index contributed by atoms with van der Waals surface area (Å²) < 4.78 is 0. The number of carboxylic acids is 1. The Balaban J connectivity index is 0. The van der Waals surface area contributed by atoms with Crippen molar-refractivity contribution in [3.8, 4) is 0 Å². The van der Waals surface area contributed by atoms with Crippen LogP contribution in [0.2, 0.25) is 0 Å². The molecule has 0 aromatic heterocycles. The first kappa shape index (κ1) is 25.6. The van der Waals surface area contributed by atoms with Crippen LogP contribution in [0.25, 0.3) is 0 Å². The van der Waals surface area contributed by atoms with Gasteiger partial charge >= 0.3 is 5.97 Å². The molecule has 0 saturated carbocycles. The highest BCUT2D eigenvalue weighted by Gasteiger charge is 1.96. The lowest BCUT2D eigenvalue weighted by molar-refractivity contribution is -0.137. The number of hydrogen-bond acceptors (Lipinski definition) is 3. The molecule has 0 bridgehead atoms. The van der Waals surface area contributed by atoms with E-state index < -0.39 is 5.97 Å². The van der Waals surface area contributed by atoms with Crippen LogP contribution >= 0.6 is 0 Å². The lowest BCUT2D eigenvalue weighted by Gasteiger charge is -2.02. The minimum atomic E-state index is -0.655. The molecule has 0 aromatic rings. The second-order valence-corrected chi connectivity index (χ2v) is 6.54. The standard InChI is InChI=1S/C16H32O2.C4H10O2/c1-2-3-4-5-6-7-8-9-10-11-12-13-14-15-16(17)18;5-3-1-2-4-6/h2-15H2,1H3,(H,17,18);5-6H,1-4H2. The van der Waals surface area contributed by atoms with Gasteiger partial charge in [-0.1, -0.05) is 84.0 Å². The van der Waals surface area contributed by atoms with Crippen molar-refractivity contribution in [1.29, 1.82) is 0 Å². The number of hydrogen-bond donors (Lipinski definition) is 3. The van der Waals surface area contributed by atoms with Crippen LogP contribution in [0, 0.1) is 0 Å². The van der Waals surface area contributed by atoms with E-state index in [4.69, 9.17) is 15.3 Å². The van der Waals surface area contributed by atoms with Gasteiger partial charge in [-0.2, -0.15) is 0 Å². The van der Waals surface area contributed by atoms with E-state index in [2.05, 4.69) is 6.92 Å². The maximum Gasteiger partial charge on any atom is 0.303 e. The molecule has 3 N–H and O–H groups in total. The van der Waals surface area contributed by atoms with Crippen LogP contribution in [0.5, 0.6) is 0 Å². The number of carboxylic acid groups (broad SMARTS) is 1. The third kappa shape index (κ3) is 29.4. The second kappa shape index (κ2) is 24.6. The maximum atomic E-state index is 10.3. The Labute approximate surface area is 149 Å². The van der Waals surface area contributed by atoms with Crippen molar-refractivity contribution in [2.24, 2.45) is 0 Å². The van der Waals surface area contributed by atoms with E-state index in [1.165, 1.54) is 70.6 Å². The minimum absolute atomic E-state index is 0.195. The van der Waals surface area contributed by atoms with Gasteiger partial charge in [0.1, 0.15) is 0 Å². The molecule has 0 fully saturated rings. The van der Waals surface area contributed by atoms with Crippen molar-refractivity contribution < 1.29 is 20.1 Å². The largest absolute Gasteiger partial charge is 0.481 e. The fourth-order valence-electron chi connectivity index (χ4n) is 2.52. The molecule has 0 atom stereocenters. The van der Waals surface area contributed by atoms with Gasteiger partial charge in [-0.05, 0) is 19.3 Å². The molecule has 0 unspecified atom stereocenters. The average molecular weight is 347 g/mol. The summed E-state index contributed by atoms with van der Waals surface area (Å²) in [5.74, 6) is -0.655. The summed E-state index contributed by atoms with van der Waals surface area (Å²) in [4.78, 5) is 10.3. The monoisotopic (exact) mass is 346 g/mol. The summed E-state index contributed by atoms with van der Waals surface area (Å²) in [5, 5.41) is 24.7. The lowest BCUT2D eigenvalue weighted by Crippen LogP contribution is -1.93. The lowest BCUT2D eigenvalue weighted by atomic mass is 10.0. The molecule has 0 aromatic carbocycles. The van der Waals surface area contributed by atoms with Crippen LogP contribution in [-0.2, 0) is 4.79 Å². The van der Waals surface area contributed by atoms with Crippen LogP contribution in [0.3, 0.4) is 0 Å². The summed E-state index contributed by atoms with van der Waals surface area (Å²) in [5.41, 5.74) is 0. The number of rotatable bonds is 17. The Morgan fingerprint density at radius 3 is 1.21 bits per heavy atom. The quantitative estimate of drug-likeness (QED) is 0.312. The smallest absolute Gasteiger partial charge is 0.303 e. The van der Waals surface area contributed by atoms with Gasteiger partial charge in [0.05, 0.1) is 0 Å². The third-order valence-electron chi connectivity index (χ3n) is 4.06. The Kier molecular flexibility index (Phi) is 26.3. The average Bonchev–Trinajstić information content (AvgIpc) is 2.57. The van der Waals surface area contributed by atoms with Crippen molar-refractivity contribution in [3.05, 3.63) is 0 Å². The van der Waals surface area contributed by atoms with E-state index in [-0.39, 0.29) is 13.2 Å². The van der Waals surface area contributed by atoms with Gasteiger partial charge in [0.2, 0.25) is 0 Å².